The summed E-state index contributed by atoms with van der Waals surface area (Å²) in [5, 5.41) is 0. The molecule has 0 spiro atoms. The Kier molecular flexibility index (Phi) is 8.65. The molecular formula is C34H33NO3. The predicted octanol–water partition coefficient (Wildman–Crippen LogP) is 7.29. The minimum absolute atomic E-state index is 0.0517. The molecule has 2 atom stereocenters. The lowest BCUT2D eigenvalue weighted by Crippen LogP contribution is -2.36. The molecule has 0 saturated carbocycles. The zero-order chi connectivity index (χ0) is 27.0. The van der Waals surface area contributed by atoms with E-state index in [-0.39, 0.29) is 12.2 Å². The molecule has 38 heavy (non-hydrogen) atoms. The maximum absolute atomic E-state index is 13.8. The monoisotopic (exact) mass is 503 g/mol. The summed E-state index contributed by atoms with van der Waals surface area (Å²) in [7, 11) is 0. The van der Waals surface area contributed by atoms with Gasteiger partial charge >= 0.3 is 5.97 Å². The molecule has 4 rings (SSSR count). The van der Waals surface area contributed by atoms with E-state index in [2.05, 4.69) is 0 Å². The standard InChI is InChI=1S/C34H33NO3/c1-34(2,3)38-33(37)32(35-31(27-20-12-6-13-21-27)28-22-14-7-15-23-28)29(25-16-8-4-9-17-25)24-30(36)26-18-10-5-11-19-26/h4-23,29,32H,24H2,1-3H3/t29-,32+/m1/s1. The minimum Gasteiger partial charge on any atom is -0.458 e. The SMILES string of the molecule is CC(C)(C)OC(=O)[C@@H](N=C(c1ccccc1)c1ccccc1)[C@H](CC(=O)c1ccccc1)c1ccccc1. The highest BCUT2D eigenvalue weighted by Gasteiger charge is 2.35. The number of hydrogen-bond acceptors (Lipinski definition) is 4. The van der Waals surface area contributed by atoms with E-state index in [0.717, 1.165) is 16.7 Å². The van der Waals surface area contributed by atoms with E-state index in [1.807, 2.05) is 130 Å². The number of ketones is 1. The molecule has 0 N–H and O–H groups in total. The lowest BCUT2D eigenvalue weighted by atomic mass is 9.85. The Morgan fingerprint density at radius 2 is 1.08 bits per heavy atom. The van der Waals surface area contributed by atoms with Gasteiger partial charge in [0.05, 0.1) is 5.71 Å². The summed E-state index contributed by atoms with van der Waals surface area (Å²) in [5.41, 5.74) is 3.19. The molecule has 0 heterocycles. The van der Waals surface area contributed by atoms with Crippen LogP contribution in [0.5, 0.6) is 0 Å². The summed E-state index contributed by atoms with van der Waals surface area (Å²) < 4.78 is 5.90. The first kappa shape index (κ1) is 26.7. The topological polar surface area (TPSA) is 55.7 Å². The normalized spacial score (nSPS) is 12.7. The van der Waals surface area contributed by atoms with E-state index >= 15 is 0 Å². The molecule has 4 aromatic rings. The Balaban J connectivity index is 1.88. The van der Waals surface area contributed by atoms with Gasteiger partial charge in [0.25, 0.3) is 0 Å². The van der Waals surface area contributed by atoms with E-state index in [4.69, 9.17) is 9.73 Å². The van der Waals surface area contributed by atoms with Gasteiger partial charge in [0.15, 0.2) is 11.8 Å². The first-order chi connectivity index (χ1) is 18.3. The molecule has 192 valence electrons. The molecule has 0 aliphatic heterocycles. The van der Waals surface area contributed by atoms with Crippen LogP contribution in [-0.2, 0) is 9.53 Å². The molecule has 0 amide bonds. The number of aliphatic imine (C=N–C) groups is 1. The maximum Gasteiger partial charge on any atom is 0.332 e. The summed E-state index contributed by atoms with van der Waals surface area (Å²) in [5.74, 6) is -1.04. The Hall–Kier alpha value is -4.31. The molecular weight excluding hydrogens is 470 g/mol. The number of benzene rings is 4. The van der Waals surface area contributed by atoms with Crippen molar-refractivity contribution in [2.45, 2.75) is 44.8 Å². The number of nitrogens with zero attached hydrogens (tertiary/aromatic N) is 1. The van der Waals surface area contributed by atoms with Crippen LogP contribution in [-0.4, -0.2) is 29.1 Å². The fraction of sp³-hybridized carbons (Fsp3) is 0.206. The van der Waals surface area contributed by atoms with Crippen molar-refractivity contribution in [2.75, 3.05) is 0 Å². The first-order valence-corrected chi connectivity index (χ1v) is 12.9. The van der Waals surface area contributed by atoms with Crippen LogP contribution in [0.3, 0.4) is 0 Å². The second-order valence-electron chi connectivity index (χ2n) is 10.2. The lowest BCUT2D eigenvalue weighted by molar-refractivity contribution is -0.156. The van der Waals surface area contributed by atoms with Gasteiger partial charge in [-0.15, -0.1) is 0 Å². The van der Waals surface area contributed by atoms with Crippen LogP contribution >= 0.6 is 0 Å². The Morgan fingerprint density at radius 1 is 0.658 bits per heavy atom. The quantitative estimate of drug-likeness (QED) is 0.137. The van der Waals surface area contributed by atoms with Gasteiger partial charge in [0.1, 0.15) is 5.60 Å². The Labute approximate surface area is 225 Å². The van der Waals surface area contributed by atoms with Gasteiger partial charge in [-0.05, 0) is 26.3 Å². The molecule has 0 bridgehead atoms. The number of carbonyl (C=O) groups is 2. The van der Waals surface area contributed by atoms with Crippen LogP contribution in [0, 0.1) is 0 Å². The van der Waals surface area contributed by atoms with Crippen molar-refractivity contribution in [1.82, 2.24) is 0 Å². The number of Topliss-reactive ketones (excluding diaryl/α,β-unsaturated/α-hetero) is 1. The summed E-state index contributed by atoms with van der Waals surface area (Å²) in [6, 6.07) is 37.5. The highest BCUT2D eigenvalue weighted by Crippen LogP contribution is 2.31. The molecule has 0 fully saturated rings. The van der Waals surface area contributed by atoms with Gasteiger partial charge in [-0.2, -0.15) is 0 Å². The van der Waals surface area contributed by atoms with Gasteiger partial charge in [-0.3, -0.25) is 9.79 Å². The van der Waals surface area contributed by atoms with Crippen LogP contribution < -0.4 is 0 Å². The lowest BCUT2D eigenvalue weighted by Gasteiger charge is -2.28. The molecule has 0 radical (unpaired) electrons. The van der Waals surface area contributed by atoms with Crippen LogP contribution in [0.4, 0.5) is 0 Å². The third-order valence-corrected chi connectivity index (χ3v) is 6.12. The van der Waals surface area contributed by atoms with Crippen molar-refractivity contribution in [3.8, 4) is 0 Å². The number of rotatable bonds is 9. The molecule has 4 heteroatoms. The van der Waals surface area contributed by atoms with Crippen LogP contribution in [0.15, 0.2) is 126 Å². The van der Waals surface area contributed by atoms with E-state index in [1.54, 1.807) is 12.1 Å². The Bertz CT molecular complexity index is 1320. The maximum atomic E-state index is 13.8. The highest BCUT2D eigenvalue weighted by atomic mass is 16.6. The van der Waals surface area contributed by atoms with E-state index < -0.39 is 23.5 Å². The molecule has 4 nitrogen and oxygen atoms in total. The number of esters is 1. The van der Waals surface area contributed by atoms with Crippen molar-refractivity contribution in [3.63, 3.8) is 0 Å². The van der Waals surface area contributed by atoms with Crippen molar-refractivity contribution < 1.29 is 14.3 Å². The fourth-order valence-electron chi connectivity index (χ4n) is 4.37. The smallest absolute Gasteiger partial charge is 0.332 e. The third-order valence-electron chi connectivity index (χ3n) is 6.12. The van der Waals surface area contributed by atoms with Gasteiger partial charge in [0, 0.05) is 29.0 Å². The van der Waals surface area contributed by atoms with E-state index in [9.17, 15) is 9.59 Å². The number of ether oxygens (including phenoxy) is 1. The van der Waals surface area contributed by atoms with Crippen LogP contribution in [0.25, 0.3) is 0 Å². The second kappa shape index (κ2) is 12.3. The van der Waals surface area contributed by atoms with Crippen molar-refractivity contribution in [3.05, 3.63) is 144 Å². The Morgan fingerprint density at radius 3 is 1.53 bits per heavy atom. The molecule has 0 saturated heterocycles. The van der Waals surface area contributed by atoms with Crippen molar-refractivity contribution in [2.24, 2.45) is 4.99 Å². The average molecular weight is 504 g/mol. The van der Waals surface area contributed by atoms with Crippen molar-refractivity contribution >= 4 is 17.5 Å². The van der Waals surface area contributed by atoms with E-state index in [1.165, 1.54) is 0 Å². The summed E-state index contributed by atoms with van der Waals surface area (Å²) in [6.07, 6.45) is 0.109. The molecule has 0 aliphatic rings. The van der Waals surface area contributed by atoms with Gasteiger partial charge in [-0.25, -0.2) is 4.79 Å². The zero-order valence-electron chi connectivity index (χ0n) is 22.1. The number of carbonyl (C=O) groups excluding carboxylic acids is 2. The van der Waals surface area contributed by atoms with Gasteiger partial charge in [-0.1, -0.05) is 121 Å². The second-order valence-corrected chi connectivity index (χ2v) is 10.2. The predicted molar refractivity (Wildman–Crippen MR) is 153 cm³/mol. The van der Waals surface area contributed by atoms with Crippen LogP contribution in [0.1, 0.15) is 60.2 Å². The average Bonchev–Trinajstić information content (AvgIpc) is 2.93. The third kappa shape index (κ3) is 7.13. The van der Waals surface area contributed by atoms with Crippen molar-refractivity contribution in [1.29, 1.82) is 0 Å². The van der Waals surface area contributed by atoms with Gasteiger partial charge in [0.2, 0.25) is 0 Å². The fourth-order valence-corrected chi connectivity index (χ4v) is 4.37. The number of hydrogen-bond donors (Lipinski definition) is 0. The molecule has 0 aliphatic carbocycles. The first-order valence-electron chi connectivity index (χ1n) is 12.9. The molecule has 0 aromatic heterocycles. The van der Waals surface area contributed by atoms with E-state index in [0.29, 0.717) is 11.3 Å². The van der Waals surface area contributed by atoms with Gasteiger partial charge < -0.3 is 4.74 Å². The summed E-state index contributed by atoms with van der Waals surface area (Å²) >= 11 is 0. The van der Waals surface area contributed by atoms with Crippen LogP contribution in [0.2, 0.25) is 0 Å². The zero-order valence-corrected chi connectivity index (χ0v) is 22.1. The molecule has 4 aromatic carbocycles. The minimum atomic E-state index is -0.945. The summed E-state index contributed by atoms with van der Waals surface area (Å²) in [6.45, 7) is 5.52. The largest absolute Gasteiger partial charge is 0.458 e. The summed E-state index contributed by atoms with van der Waals surface area (Å²) in [4.78, 5) is 32.4. The molecule has 0 unspecified atom stereocenters. The highest BCUT2D eigenvalue weighted by molar-refractivity contribution is 6.13.